The van der Waals surface area contributed by atoms with Crippen LogP contribution in [0.5, 0.6) is 0 Å². The molecular formula is C17H12BrNO3. The molecule has 0 saturated heterocycles. The Bertz CT molecular complexity index is 749. The van der Waals surface area contributed by atoms with Crippen LogP contribution in [0.25, 0.3) is 6.08 Å². The Balaban J connectivity index is 2.07. The highest BCUT2D eigenvalue weighted by atomic mass is 79.9. The van der Waals surface area contributed by atoms with Gasteiger partial charge in [-0.2, -0.15) is 0 Å². The van der Waals surface area contributed by atoms with Crippen molar-refractivity contribution in [3.05, 3.63) is 92.5 Å². The number of nitro benzene ring substituents is 1. The molecule has 0 bridgehead atoms. The second-order valence-electron chi connectivity index (χ2n) is 4.41. The van der Waals surface area contributed by atoms with E-state index in [2.05, 4.69) is 15.9 Å². The quantitative estimate of drug-likeness (QED) is 0.253. The Hall–Kier alpha value is -2.53. The highest BCUT2D eigenvalue weighted by molar-refractivity contribution is 9.10. The maximum atomic E-state index is 11.9. The summed E-state index contributed by atoms with van der Waals surface area (Å²) in [5.74, 6) is -0.125. The van der Waals surface area contributed by atoms with Crippen LogP contribution >= 0.6 is 15.9 Å². The van der Waals surface area contributed by atoms with E-state index in [1.165, 1.54) is 12.1 Å². The molecule has 22 heavy (non-hydrogen) atoms. The van der Waals surface area contributed by atoms with Crippen molar-refractivity contribution in [1.29, 1.82) is 0 Å². The number of rotatable bonds is 5. The number of hydrogen-bond donors (Lipinski definition) is 0. The normalized spacial score (nSPS) is 11.1. The minimum atomic E-state index is -0.434. The van der Waals surface area contributed by atoms with Gasteiger partial charge in [0.05, 0.1) is 10.5 Å². The lowest BCUT2D eigenvalue weighted by molar-refractivity contribution is -0.385. The average Bonchev–Trinajstić information content (AvgIpc) is 2.52. The predicted molar refractivity (Wildman–Crippen MR) is 89.7 cm³/mol. The second-order valence-corrected chi connectivity index (χ2v) is 5.32. The molecule has 5 heteroatoms. The maximum absolute atomic E-state index is 11.9. The molecule has 4 nitrogen and oxygen atoms in total. The molecule has 0 radical (unpaired) electrons. The number of ketones is 1. The summed E-state index contributed by atoms with van der Waals surface area (Å²) in [6.07, 6.45) is 6.21. The van der Waals surface area contributed by atoms with Gasteiger partial charge in [-0.25, -0.2) is 0 Å². The molecule has 0 saturated carbocycles. The van der Waals surface area contributed by atoms with Gasteiger partial charge in [0, 0.05) is 16.1 Å². The Morgan fingerprint density at radius 1 is 1.05 bits per heavy atom. The number of carbonyl (C=O) groups is 1. The first kappa shape index (κ1) is 15.9. The summed E-state index contributed by atoms with van der Waals surface area (Å²) in [6.45, 7) is 0. The highest BCUT2D eigenvalue weighted by Crippen LogP contribution is 2.19. The van der Waals surface area contributed by atoms with Gasteiger partial charge >= 0.3 is 0 Å². The van der Waals surface area contributed by atoms with Gasteiger partial charge in [0.2, 0.25) is 0 Å². The van der Waals surface area contributed by atoms with E-state index in [1.54, 1.807) is 60.7 Å². The molecule has 0 aliphatic heterocycles. The number of nitrogens with zero attached hydrogens (tertiary/aromatic N) is 1. The summed E-state index contributed by atoms with van der Waals surface area (Å²) in [7, 11) is 0. The summed E-state index contributed by atoms with van der Waals surface area (Å²) in [6, 6.07) is 13.5. The smallest absolute Gasteiger partial charge is 0.276 e. The summed E-state index contributed by atoms with van der Waals surface area (Å²) in [5.41, 5.74) is 1.11. The molecule has 0 amide bonds. The third kappa shape index (κ3) is 4.23. The molecule has 2 rings (SSSR count). The first-order valence-corrected chi connectivity index (χ1v) is 7.25. The number of benzene rings is 2. The first-order chi connectivity index (χ1) is 10.6. The van der Waals surface area contributed by atoms with Crippen molar-refractivity contribution < 1.29 is 9.72 Å². The maximum Gasteiger partial charge on any atom is 0.276 e. The van der Waals surface area contributed by atoms with E-state index in [4.69, 9.17) is 0 Å². The monoisotopic (exact) mass is 357 g/mol. The van der Waals surface area contributed by atoms with Crippen molar-refractivity contribution in [2.24, 2.45) is 0 Å². The van der Waals surface area contributed by atoms with Crippen LogP contribution in [0, 0.1) is 10.1 Å². The van der Waals surface area contributed by atoms with Gasteiger partial charge in [-0.15, -0.1) is 0 Å². The summed E-state index contributed by atoms with van der Waals surface area (Å²) < 4.78 is 0.907. The number of halogens is 1. The minimum absolute atomic E-state index is 0.0337. The number of para-hydroxylation sites is 1. The minimum Gasteiger partial charge on any atom is -0.289 e. The molecule has 0 atom stereocenters. The van der Waals surface area contributed by atoms with Crippen molar-refractivity contribution in [3.63, 3.8) is 0 Å². The first-order valence-electron chi connectivity index (χ1n) is 6.46. The van der Waals surface area contributed by atoms with Crippen LogP contribution in [0.15, 0.2) is 71.2 Å². The molecule has 110 valence electrons. The van der Waals surface area contributed by atoms with Crippen LogP contribution in [-0.2, 0) is 0 Å². The Labute approximate surface area is 136 Å². The summed E-state index contributed by atoms with van der Waals surface area (Å²) in [5, 5.41) is 10.9. The van der Waals surface area contributed by atoms with E-state index >= 15 is 0 Å². The lowest BCUT2D eigenvalue weighted by atomic mass is 10.1. The van der Waals surface area contributed by atoms with Gasteiger partial charge in [0.25, 0.3) is 5.69 Å². The van der Waals surface area contributed by atoms with Gasteiger partial charge in [0.1, 0.15) is 0 Å². The predicted octanol–water partition coefficient (Wildman–Crippen LogP) is 4.81. The van der Waals surface area contributed by atoms with E-state index in [-0.39, 0.29) is 11.5 Å². The molecule has 0 heterocycles. The third-order valence-electron chi connectivity index (χ3n) is 2.90. The summed E-state index contributed by atoms with van der Waals surface area (Å²) in [4.78, 5) is 22.3. The van der Waals surface area contributed by atoms with Crippen LogP contribution < -0.4 is 0 Å². The zero-order valence-corrected chi connectivity index (χ0v) is 13.1. The Morgan fingerprint density at radius 3 is 2.41 bits per heavy atom. The van der Waals surface area contributed by atoms with Crippen LogP contribution in [-0.4, -0.2) is 10.7 Å². The zero-order chi connectivity index (χ0) is 15.9. The van der Waals surface area contributed by atoms with Gasteiger partial charge in [-0.1, -0.05) is 40.2 Å². The second kappa shape index (κ2) is 7.47. The lowest BCUT2D eigenvalue weighted by Crippen LogP contribution is -1.92. The van der Waals surface area contributed by atoms with E-state index in [0.717, 1.165) is 4.47 Å². The highest BCUT2D eigenvalue weighted by Gasteiger charge is 2.08. The largest absolute Gasteiger partial charge is 0.289 e. The zero-order valence-electron chi connectivity index (χ0n) is 11.5. The van der Waals surface area contributed by atoms with E-state index in [9.17, 15) is 14.9 Å². The van der Waals surface area contributed by atoms with Crippen molar-refractivity contribution in [1.82, 2.24) is 0 Å². The van der Waals surface area contributed by atoms with Crippen molar-refractivity contribution in [2.45, 2.75) is 0 Å². The lowest BCUT2D eigenvalue weighted by Gasteiger charge is -1.96. The molecule has 0 fully saturated rings. The van der Waals surface area contributed by atoms with Gasteiger partial charge in [-0.05, 0) is 42.5 Å². The standard InChI is InChI=1S/C17H12BrNO3/c18-15-11-9-14(10-12-15)17(20)8-4-2-6-13-5-1-3-7-16(13)19(21)22/h1-12H/b6-2+,8-4+. The summed E-state index contributed by atoms with van der Waals surface area (Å²) >= 11 is 3.31. The van der Waals surface area contributed by atoms with Gasteiger partial charge in [-0.3, -0.25) is 14.9 Å². The Morgan fingerprint density at radius 2 is 1.73 bits per heavy atom. The van der Waals surface area contributed by atoms with Crippen molar-refractivity contribution in [3.8, 4) is 0 Å². The molecule has 0 aromatic heterocycles. The molecular weight excluding hydrogens is 346 g/mol. The van der Waals surface area contributed by atoms with Crippen molar-refractivity contribution >= 4 is 33.5 Å². The molecule has 2 aromatic rings. The fraction of sp³-hybridized carbons (Fsp3) is 0. The molecule has 0 spiro atoms. The van der Waals surface area contributed by atoms with Gasteiger partial charge in [0.15, 0.2) is 5.78 Å². The van der Waals surface area contributed by atoms with Crippen LogP contribution in [0.2, 0.25) is 0 Å². The Kier molecular flexibility index (Phi) is 5.38. The van der Waals surface area contributed by atoms with Crippen LogP contribution in [0.1, 0.15) is 15.9 Å². The number of nitro groups is 1. The number of allylic oxidation sites excluding steroid dienone is 3. The molecule has 0 aliphatic rings. The average molecular weight is 358 g/mol. The fourth-order valence-electron chi connectivity index (χ4n) is 1.81. The molecule has 0 N–H and O–H groups in total. The number of hydrogen-bond acceptors (Lipinski definition) is 3. The van der Waals surface area contributed by atoms with E-state index < -0.39 is 4.92 Å². The molecule has 0 aliphatic carbocycles. The third-order valence-corrected chi connectivity index (χ3v) is 3.43. The molecule has 2 aromatic carbocycles. The SMILES string of the molecule is O=C(/C=C/C=C/c1ccccc1[N+](=O)[O-])c1ccc(Br)cc1. The van der Waals surface area contributed by atoms with Crippen LogP contribution in [0.4, 0.5) is 5.69 Å². The number of carbonyl (C=O) groups excluding carboxylic acids is 1. The van der Waals surface area contributed by atoms with E-state index in [1.807, 2.05) is 0 Å². The van der Waals surface area contributed by atoms with Crippen LogP contribution in [0.3, 0.4) is 0 Å². The van der Waals surface area contributed by atoms with Gasteiger partial charge < -0.3 is 0 Å². The topological polar surface area (TPSA) is 60.2 Å². The molecule has 0 unspecified atom stereocenters. The fourth-order valence-corrected chi connectivity index (χ4v) is 2.07. The van der Waals surface area contributed by atoms with E-state index in [0.29, 0.717) is 11.1 Å². The van der Waals surface area contributed by atoms with Crippen molar-refractivity contribution in [2.75, 3.05) is 0 Å².